The molecule has 0 spiro atoms. The summed E-state index contributed by atoms with van der Waals surface area (Å²) in [6.45, 7) is 0. The molecule has 5 nitrogen and oxygen atoms in total. The molecule has 386 valence electrons. The summed E-state index contributed by atoms with van der Waals surface area (Å²) in [5.41, 5.74) is 19.9. The second kappa shape index (κ2) is 18.7. The molecular formula is C78H49N5. The van der Waals surface area contributed by atoms with Crippen LogP contribution in [0.25, 0.3) is 160 Å². The predicted molar refractivity (Wildman–Crippen MR) is 347 cm³/mol. The average Bonchev–Trinajstić information content (AvgIpc) is 3.60. The molecule has 0 fully saturated rings. The van der Waals surface area contributed by atoms with E-state index >= 15 is 0 Å². The Morgan fingerprint density at radius 1 is 0.205 bits per heavy atom. The van der Waals surface area contributed by atoms with Crippen molar-refractivity contribution in [3.8, 4) is 73.2 Å². The maximum atomic E-state index is 5.38. The highest BCUT2D eigenvalue weighted by atomic mass is 15.0. The van der Waals surface area contributed by atoms with Crippen molar-refractivity contribution in [2.24, 2.45) is 0 Å². The Bertz CT molecular complexity index is 5110. The van der Waals surface area contributed by atoms with E-state index < -0.39 is 0 Å². The molecule has 0 atom stereocenters. The molecule has 0 amide bonds. The van der Waals surface area contributed by atoms with Gasteiger partial charge in [-0.1, -0.05) is 182 Å². The van der Waals surface area contributed by atoms with Gasteiger partial charge in [0.15, 0.2) is 5.82 Å². The van der Waals surface area contributed by atoms with Gasteiger partial charge in [-0.05, 0) is 159 Å². The third-order valence-electron chi connectivity index (χ3n) is 17.0. The highest BCUT2D eigenvalue weighted by molar-refractivity contribution is 6.15. The lowest BCUT2D eigenvalue weighted by Crippen LogP contribution is -1.98. The molecule has 0 bridgehead atoms. The van der Waals surface area contributed by atoms with Gasteiger partial charge in [-0.25, -0.2) is 9.97 Å². The second-order valence-electron chi connectivity index (χ2n) is 21.7. The van der Waals surface area contributed by atoms with Crippen LogP contribution in [0.5, 0.6) is 0 Å². The molecule has 0 N–H and O–H groups in total. The fraction of sp³-hybridized carbons (Fsp3) is 0. The van der Waals surface area contributed by atoms with Gasteiger partial charge in [0, 0.05) is 66.1 Å². The maximum Gasteiger partial charge on any atom is 0.160 e. The highest BCUT2D eigenvalue weighted by Gasteiger charge is 2.20. The molecule has 83 heavy (non-hydrogen) atoms. The standard InChI is InChI=1S/C78H49N5/c1-3-21-57(22-4-1)81-72-31-13-11-27-64(72)66-45-53(35-41-74(66)81)55-37-43-76-68(47-55)69-48-56(54-36-42-75-67(46-54)65-28-12-14-32-73(65)82(75)58-23-5-2-6-24-58)38-44-77(69)83(76)59-39-33-52(34-40-59)78-79-70(62-29-15-19-50-17-7-9-25-60(50)62)49-71(80-78)63-30-16-20-51-18-8-10-26-61(51)63/h1-49H. The first-order valence-electron chi connectivity index (χ1n) is 28.4. The monoisotopic (exact) mass is 1060 g/mol. The van der Waals surface area contributed by atoms with E-state index in [2.05, 4.69) is 311 Å². The molecule has 0 radical (unpaired) electrons. The smallest absolute Gasteiger partial charge is 0.160 e. The summed E-state index contributed by atoms with van der Waals surface area (Å²) in [5.74, 6) is 0.675. The second-order valence-corrected chi connectivity index (χ2v) is 21.7. The first-order valence-corrected chi connectivity index (χ1v) is 28.4. The molecule has 0 aliphatic heterocycles. The van der Waals surface area contributed by atoms with Gasteiger partial charge >= 0.3 is 0 Å². The highest BCUT2D eigenvalue weighted by Crippen LogP contribution is 2.42. The van der Waals surface area contributed by atoms with E-state index in [1.165, 1.54) is 76.3 Å². The number of benzene rings is 13. The van der Waals surface area contributed by atoms with Crippen LogP contribution in [0.15, 0.2) is 297 Å². The number of hydrogen-bond donors (Lipinski definition) is 0. The van der Waals surface area contributed by atoms with Crippen LogP contribution >= 0.6 is 0 Å². The van der Waals surface area contributed by atoms with Gasteiger partial charge in [-0.3, -0.25) is 0 Å². The molecule has 17 aromatic rings. The van der Waals surface area contributed by atoms with Gasteiger partial charge in [-0.15, -0.1) is 0 Å². The first kappa shape index (κ1) is 46.7. The topological polar surface area (TPSA) is 40.6 Å². The lowest BCUT2D eigenvalue weighted by atomic mass is 9.98. The molecule has 5 heteroatoms. The molecule has 4 aromatic heterocycles. The normalized spacial score (nSPS) is 11.9. The summed E-state index contributed by atoms with van der Waals surface area (Å²) in [4.78, 5) is 10.8. The molecule has 0 aliphatic rings. The Kier molecular flexibility index (Phi) is 10.6. The van der Waals surface area contributed by atoms with Crippen LogP contribution < -0.4 is 0 Å². The minimum atomic E-state index is 0.675. The third-order valence-corrected chi connectivity index (χ3v) is 17.0. The SMILES string of the molecule is c1ccc(-n2c3ccccc3c3cc(-c4ccc5c(c4)c4cc(-c6ccc7c(c6)c6ccccc6n7-c6ccccc6)ccc4n5-c4ccc(-c5nc(-c6cccc7ccccc67)cc(-c6cccc7ccccc67)n5)cc4)ccc32)cc1. The van der Waals surface area contributed by atoms with Crippen LogP contribution in [0.1, 0.15) is 0 Å². The Hall–Kier alpha value is -11.1. The van der Waals surface area contributed by atoms with E-state index in [4.69, 9.17) is 9.97 Å². The van der Waals surface area contributed by atoms with E-state index in [-0.39, 0.29) is 0 Å². The average molecular weight is 1060 g/mol. The summed E-state index contributed by atoms with van der Waals surface area (Å²) >= 11 is 0. The quantitative estimate of drug-likeness (QED) is 0.152. The van der Waals surface area contributed by atoms with Crippen molar-refractivity contribution in [1.29, 1.82) is 0 Å². The van der Waals surface area contributed by atoms with Crippen molar-refractivity contribution in [1.82, 2.24) is 23.7 Å². The molecule has 13 aromatic carbocycles. The van der Waals surface area contributed by atoms with Crippen molar-refractivity contribution in [2.75, 3.05) is 0 Å². The lowest BCUT2D eigenvalue weighted by Gasteiger charge is -2.13. The Balaban J connectivity index is 0.835. The zero-order valence-corrected chi connectivity index (χ0v) is 45.0. The predicted octanol–water partition coefficient (Wildman–Crippen LogP) is 20.4. The van der Waals surface area contributed by atoms with Crippen molar-refractivity contribution >= 4 is 87.0 Å². The summed E-state index contributed by atoms with van der Waals surface area (Å²) in [5, 5.41) is 12.0. The fourth-order valence-corrected chi connectivity index (χ4v) is 13.2. The minimum absolute atomic E-state index is 0.675. The summed E-state index contributed by atoms with van der Waals surface area (Å²) in [6.07, 6.45) is 0. The van der Waals surface area contributed by atoms with Crippen LogP contribution in [-0.2, 0) is 0 Å². The molecule has 0 unspecified atom stereocenters. The Morgan fingerprint density at radius 3 is 0.940 bits per heavy atom. The zero-order valence-electron chi connectivity index (χ0n) is 45.0. The summed E-state index contributed by atoms with van der Waals surface area (Å²) in [7, 11) is 0. The number of fused-ring (bicyclic) bond motifs is 11. The molecule has 0 saturated heterocycles. The van der Waals surface area contributed by atoms with Crippen molar-refractivity contribution < 1.29 is 0 Å². The number of para-hydroxylation sites is 4. The van der Waals surface area contributed by atoms with Gasteiger partial charge in [0.1, 0.15) is 0 Å². The van der Waals surface area contributed by atoms with Crippen LogP contribution in [0.2, 0.25) is 0 Å². The number of rotatable bonds is 8. The first-order chi connectivity index (χ1) is 41.1. The maximum absolute atomic E-state index is 5.38. The number of nitrogens with zero attached hydrogens (tertiary/aromatic N) is 5. The lowest BCUT2D eigenvalue weighted by molar-refractivity contribution is 1.16. The van der Waals surface area contributed by atoms with Crippen molar-refractivity contribution in [3.63, 3.8) is 0 Å². The van der Waals surface area contributed by atoms with E-state index in [0.717, 1.165) is 78.1 Å². The zero-order chi connectivity index (χ0) is 54.5. The van der Waals surface area contributed by atoms with E-state index in [1.54, 1.807) is 0 Å². The molecule has 4 heterocycles. The van der Waals surface area contributed by atoms with Crippen LogP contribution in [0.4, 0.5) is 0 Å². The van der Waals surface area contributed by atoms with Crippen LogP contribution in [0.3, 0.4) is 0 Å². The van der Waals surface area contributed by atoms with Crippen LogP contribution in [-0.4, -0.2) is 23.7 Å². The van der Waals surface area contributed by atoms with Crippen LogP contribution in [0, 0.1) is 0 Å². The molecule has 17 rings (SSSR count). The largest absolute Gasteiger partial charge is 0.309 e. The van der Waals surface area contributed by atoms with Crippen molar-refractivity contribution in [3.05, 3.63) is 297 Å². The van der Waals surface area contributed by atoms with E-state index in [1.807, 2.05) is 0 Å². The van der Waals surface area contributed by atoms with Gasteiger partial charge in [0.2, 0.25) is 0 Å². The van der Waals surface area contributed by atoms with Gasteiger partial charge < -0.3 is 13.7 Å². The third kappa shape index (κ3) is 7.56. The minimum Gasteiger partial charge on any atom is -0.309 e. The summed E-state index contributed by atoms with van der Waals surface area (Å²) < 4.78 is 7.18. The molecular weight excluding hydrogens is 1010 g/mol. The Labute approximate surface area is 478 Å². The number of hydrogen-bond acceptors (Lipinski definition) is 2. The fourth-order valence-electron chi connectivity index (χ4n) is 13.2. The van der Waals surface area contributed by atoms with Gasteiger partial charge in [-0.2, -0.15) is 0 Å². The summed E-state index contributed by atoms with van der Waals surface area (Å²) in [6, 6.07) is 108. The Morgan fingerprint density at radius 2 is 0.518 bits per heavy atom. The molecule has 0 saturated carbocycles. The van der Waals surface area contributed by atoms with Gasteiger partial charge in [0.05, 0.1) is 44.5 Å². The van der Waals surface area contributed by atoms with Crippen molar-refractivity contribution in [2.45, 2.75) is 0 Å². The van der Waals surface area contributed by atoms with E-state index in [9.17, 15) is 0 Å². The van der Waals surface area contributed by atoms with Gasteiger partial charge in [0.25, 0.3) is 0 Å². The van der Waals surface area contributed by atoms with E-state index in [0.29, 0.717) is 5.82 Å². The molecule has 0 aliphatic carbocycles. The number of aromatic nitrogens is 5.